The lowest BCUT2D eigenvalue weighted by molar-refractivity contribution is -0.0128. The van der Waals surface area contributed by atoms with Crippen molar-refractivity contribution in [1.29, 1.82) is 5.26 Å². The Kier molecular flexibility index (Phi) is 7.74. The number of hydrogen-bond acceptors (Lipinski definition) is 8. The number of ether oxygens (including phenoxy) is 2. The predicted molar refractivity (Wildman–Crippen MR) is 148 cm³/mol. The molecule has 2 aromatic rings. The zero-order valence-corrected chi connectivity index (χ0v) is 24.4. The third-order valence-corrected chi connectivity index (χ3v) is 8.45. The van der Waals surface area contributed by atoms with Crippen LogP contribution in [0.25, 0.3) is 10.9 Å². The maximum absolute atomic E-state index is 15.5. The Morgan fingerprint density at radius 3 is 2.64 bits per heavy atom. The van der Waals surface area contributed by atoms with E-state index in [0.717, 1.165) is 32.5 Å². The highest BCUT2D eigenvalue weighted by molar-refractivity contribution is 9.10. The van der Waals surface area contributed by atoms with Gasteiger partial charge in [-0.3, -0.25) is 4.90 Å². The van der Waals surface area contributed by atoms with E-state index < -0.39 is 23.1 Å². The van der Waals surface area contributed by atoms with Gasteiger partial charge in [0.2, 0.25) is 0 Å². The van der Waals surface area contributed by atoms with Crippen molar-refractivity contribution < 1.29 is 18.7 Å². The summed E-state index contributed by atoms with van der Waals surface area (Å²) in [6.07, 6.45) is 3.98. The van der Waals surface area contributed by atoms with Gasteiger partial charge in [0.05, 0.1) is 29.3 Å². The quantitative estimate of drug-likeness (QED) is 0.485. The lowest BCUT2D eigenvalue weighted by atomic mass is 9.85. The smallest absolute Gasteiger partial charge is 0.411 e. The molecule has 1 aromatic carbocycles. The molecule has 39 heavy (non-hydrogen) atoms. The first-order chi connectivity index (χ1) is 18.6. The summed E-state index contributed by atoms with van der Waals surface area (Å²) < 4.78 is 27.7. The molecule has 0 spiro atoms. The molecule has 1 N–H and O–H groups in total. The molecule has 1 unspecified atom stereocenters. The summed E-state index contributed by atoms with van der Waals surface area (Å²) in [5.41, 5.74) is -1.42. The molecular formula is C28H36BrFN6O3. The zero-order chi connectivity index (χ0) is 27.8. The van der Waals surface area contributed by atoms with Crippen molar-refractivity contribution in [1.82, 2.24) is 25.1 Å². The van der Waals surface area contributed by atoms with E-state index in [1.54, 1.807) is 37.8 Å². The Balaban J connectivity index is 1.56. The van der Waals surface area contributed by atoms with Crippen molar-refractivity contribution in [3.8, 4) is 12.1 Å². The molecule has 2 saturated heterocycles. The third kappa shape index (κ3) is 5.83. The highest BCUT2D eigenvalue weighted by Gasteiger charge is 2.48. The molecule has 11 heteroatoms. The number of amides is 1. The number of fused-ring (bicyclic) bond motifs is 1. The Morgan fingerprint density at radius 2 is 1.97 bits per heavy atom. The molecule has 0 radical (unpaired) electrons. The second kappa shape index (κ2) is 10.8. The maximum Gasteiger partial charge on any atom is 0.411 e. The van der Waals surface area contributed by atoms with Crippen LogP contribution in [0.4, 0.5) is 9.18 Å². The van der Waals surface area contributed by atoms with Gasteiger partial charge in [-0.25, -0.2) is 9.18 Å². The van der Waals surface area contributed by atoms with E-state index in [4.69, 9.17) is 14.5 Å². The number of aromatic nitrogens is 2. The first-order valence-electron chi connectivity index (χ1n) is 13.7. The standard InChI is InChI=1S/C28H36BrFN6O3/c1-26(2,3)39-25(37)36-15-12-32-16-28(36,10-11-31)23-19-6-7-20(29)21(30)22(19)33-24(34-23)38-18-27(8-9-27)17-35-13-4-5-14-35/h6-7,32H,4-5,8-10,12-18H2,1-3H3. The van der Waals surface area contributed by atoms with Gasteiger partial charge in [-0.05, 0) is 87.6 Å². The highest BCUT2D eigenvalue weighted by atomic mass is 79.9. The number of hydrogen-bond donors (Lipinski definition) is 1. The van der Waals surface area contributed by atoms with Crippen molar-refractivity contribution >= 4 is 32.9 Å². The van der Waals surface area contributed by atoms with Crippen molar-refractivity contribution in [3.63, 3.8) is 0 Å². The molecule has 210 valence electrons. The van der Waals surface area contributed by atoms with Crippen molar-refractivity contribution in [2.45, 2.75) is 64.0 Å². The normalized spacial score (nSPS) is 23.0. The molecule has 3 fully saturated rings. The zero-order valence-electron chi connectivity index (χ0n) is 22.9. The van der Waals surface area contributed by atoms with Crippen LogP contribution in [0.3, 0.4) is 0 Å². The Labute approximate surface area is 237 Å². The van der Waals surface area contributed by atoms with E-state index in [-0.39, 0.29) is 34.4 Å². The lowest BCUT2D eigenvalue weighted by Gasteiger charge is -2.46. The lowest BCUT2D eigenvalue weighted by Crippen LogP contribution is -2.62. The van der Waals surface area contributed by atoms with Crippen LogP contribution in [0, 0.1) is 22.6 Å². The number of likely N-dealkylation sites (tertiary alicyclic amines) is 1. The number of benzene rings is 1. The number of piperazine rings is 1. The number of carbonyl (C=O) groups is 1. The number of nitrogens with one attached hydrogen (secondary N) is 1. The van der Waals surface area contributed by atoms with Crippen LogP contribution in [-0.4, -0.2) is 77.3 Å². The van der Waals surface area contributed by atoms with Crippen molar-refractivity contribution in [2.24, 2.45) is 5.41 Å². The van der Waals surface area contributed by atoms with Crippen LogP contribution in [0.5, 0.6) is 6.01 Å². The van der Waals surface area contributed by atoms with E-state index in [9.17, 15) is 10.1 Å². The number of nitrogens with zero attached hydrogens (tertiary/aromatic N) is 5. The summed E-state index contributed by atoms with van der Waals surface area (Å²) in [7, 11) is 0. The summed E-state index contributed by atoms with van der Waals surface area (Å²) in [4.78, 5) is 26.8. The van der Waals surface area contributed by atoms with E-state index in [1.165, 1.54) is 12.8 Å². The highest BCUT2D eigenvalue weighted by Crippen LogP contribution is 2.47. The van der Waals surface area contributed by atoms with Crippen molar-refractivity contribution in [3.05, 3.63) is 28.1 Å². The average Bonchev–Trinajstić information content (AvgIpc) is 3.46. The molecule has 1 aliphatic carbocycles. The minimum absolute atomic E-state index is 0.0502. The van der Waals surface area contributed by atoms with E-state index in [0.29, 0.717) is 30.8 Å². The summed E-state index contributed by atoms with van der Waals surface area (Å²) in [6.45, 7) is 10.1. The van der Waals surface area contributed by atoms with Crippen LogP contribution < -0.4 is 10.1 Å². The summed E-state index contributed by atoms with van der Waals surface area (Å²) >= 11 is 3.27. The molecular weight excluding hydrogens is 567 g/mol. The number of halogens is 2. The molecule has 1 saturated carbocycles. The third-order valence-electron chi connectivity index (χ3n) is 7.83. The van der Waals surface area contributed by atoms with Crippen LogP contribution in [0.15, 0.2) is 16.6 Å². The molecule has 0 bridgehead atoms. The second-order valence-corrected chi connectivity index (χ2v) is 12.9. The number of nitriles is 1. The fraction of sp³-hybridized carbons (Fsp3) is 0.643. The van der Waals surface area contributed by atoms with Gasteiger partial charge in [-0.1, -0.05) is 0 Å². The molecule has 9 nitrogen and oxygen atoms in total. The molecule has 3 aliphatic rings. The van der Waals surface area contributed by atoms with E-state index in [1.807, 2.05) is 0 Å². The van der Waals surface area contributed by atoms with E-state index in [2.05, 4.69) is 37.2 Å². The summed E-state index contributed by atoms with van der Waals surface area (Å²) in [5.74, 6) is -0.543. The summed E-state index contributed by atoms with van der Waals surface area (Å²) in [6, 6.07) is 5.60. The maximum atomic E-state index is 15.5. The largest absolute Gasteiger partial charge is 0.463 e. The average molecular weight is 604 g/mol. The monoisotopic (exact) mass is 602 g/mol. The first-order valence-corrected chi connectivity index (χ1v) is 14.4. The van der Waals surface area contributed by atoms with Gasteiger partial charge in [0.1, 0.15) is 16.7 Å². The van der Waals surface area contributed by atoms with Gasteiger partial charge in [0.25, 0.3) is 0 Å². The minimum atomic E-state index is -1.21. The number of rotatable bonds is 7. The van der Waals surface area contributed by atoms with Crippen LogP contribution in [-0.2, 0) is 10.3 Å². The summed E-state index contributed by atoms with van der Waals surface area (Å²) in [5, 5.41) is 13.7. The molecule has 3 heterocycles. The van der Waals surface area contributed by atoms with Crippen LogP contribution >= 0.6 is 15.9 Å². The van der Waals surface area contributed by atoms with E-state index >= 15 is 4.39 Å². The molecule has 2 aliphatic heterocycles. The fourth-order valence-corrected chi connectivity index (χ4v) is 5.98. The molecule has 1 aromatic heterocycles. The van der Waals surface area contributed by atoms with Gasteiger partial charge < -0.3 is 19.7 Å². The fourth-order valence-electron chi connectivity index (χ4n) is 5.66. The molecule has 5 rings (SSSR count). The van der Waals surface area contributed by atoms with Gasteiger partial charge >= 0.3 is 12.1 Å². The Hall–Kier alpha value is -2.55. The van der Waals surface area contributed by atoms with Gasteiger partial charge in [-0.15, -0.1) is 0 Å². The molecule has 1 atom stereocenters. The Morgan fingerprint density at radius 1 is 1.23 bits per heavy atom. The minimum Gasteiger partial charge on any atom is -0.463 e. The van der Waals surface area contributed by atoms with Crippen LogP contribution in [0.2, 0.25) is 0 Å². The van der Waals surface area contributed by atoms with Gasteiger partial charge in [0, 0.05) is 37.0 Å². The first kappa shape index (κ1) is 28.0. The predicted octanol–water partition coefficient (Wildman–Crippen LogP) is 4.74. The van der Waals surface area contributed by atoms with Gasteiger partial charge in [0.15, 0.2) is 5.82 Å². The molecule has 1 amide bonds. The van der Waals surface area contributed by atoms with Crippen LogP contribution in [0.1, 0.15) is 58.6 Å². The SMILES string of the molecule is CC(C)(C)OC(=O)N1CCNCC1(CC#N)c1nc(OCC2(CN3CCCC3)CC2)nc2c(F)c(Br)ccc12. The second-order valence-electron chi connectivity index (χ2n) is 12.1. The van der Waals surface area contributed by atoms with Crippen molar-refractivity contribution in [2.75, 3.05) is 45.9 Å². The number of carbonyl (C=O) groups excluding carboxylic acids is 1. The topological polar surface area (TPSA) is 104 Å². The van der Waals surface area contributed by atoms with Gasteiger partial charge in [-0.2, -0.15) is 15.2 Å². The Bertz CT molecular complexity index is 1280.